The Morgan fingerprint density at radius 3 is 2.77 bits per heavy atom. The zero-order valence-electron chi connectivity index (χ0n) is 17.7. The zero-order chi connectivity index (χ0) is 21.4. The van der Waals surface area contributed by atoms with Crippen molar-refractivity contribution >= 4 is 54.1 Å². The highest BCUT2D eigenvalue weighted by Crippen LogP contribution is 2.32. The number of nitrogens with one attached hydrogen (secondary N) is 1. The Morgan fingerprint density at radius 1 is 1.10 bits per heavy atom. The summed E-state index contributed by atoms with van der Waals surface area (Å²) in [6.07, 6.45) is 0. The van der Waals surface area contributed by atoms with Gasteiger partial charge in [-0.15, -0.1) is 11.3 Å². The molecule has 1 fully saturated rings. The minimum atomic E-state index is -0.0194. The number of hydrogen-bond acceptors (Lipinski definition) is 7. The number of aromatic nitrogens is 2. The van der Waals surface area contributed by atoms with Crippen molar-refractivity contribution in [2.24, 2.45) is 0 Å². The molecule has 31 heavy (non-hydrogen) atoms. The Labute approximate surface area is 189 Å². The van der Waals surface area contributed by atoms with Crippen LogP contribution in [0, 0.1) is 13.8 Å². The number of anilines is 1. The van der Waals surface area contributed by atoms with Crippen LogP contribution in [0.25, 0.3) is 20.4 Å². The normalized spacial score (nSPS) is 15.1. The molecule has 0 unspecified atom stereocenters. The number of carbonyl (C=O) groups is 1. The number of aryl methyl sites for hydroxylation is 2. The zero-order valence-corrected chi connectivity index (χ0v) is 19.4. The lowest BCUT2D eigenvalue weighted by atomic mass is 10.1. The number of fused-ring (bicyclic) bond motifs is 2. The van der Waals surface area contributed by atoms with Crippen LogP contribution < -0.4 is 10.2 Å². The lowest BCUT2D eigenvalue weighted by Gasteiger charge is -2.34. The molecule has 2 aromatic carbocycles. The van der Waals surface area contributed by atoms with Gasteiger partial charge in [-0.05, 0) is 49.2 Å². The summed E-state index contributed by atoms with van der Waals surface area (Å²) in [6.45, 7) is 9.69. The van der Waals surface area contributed by atoms with E-state index in [0.717, 1.165) is 53.6 Å². The highest BCUT2D eigenvalue weighted by atomic mass is 32.1. The molecule has 1 N–H and O–H groups in total. The minimum absolute atomic E-state index is 0.0194. The summed E-state index contributed by atoms with van der Waals surface area (Å²) in [6, 6.07) is 10.1. The Balaban J connectivity index is 1.12. The molecule has 0 bridgehead atoms. The molecule has 2 aromatic heterocycles. The number of benzene rings is 2. The Morgan fingerprint density at radius 2 is 1.94 bits per heavy atom. The second-order valence-corrected chi connectivity index (χ2v) is 9.94. The Hall–Kier alpha value is -2.55. The molecule has 1 saturated heterocycles. The first kappa shape index (κ1) is 20.4. The van der Waals surface area contributed by atoms with E-state index in [1.807, 2.05) is 23.7 Å². The molecule has 6 nitrogen and oxygen atoms in total. The van der Waals surface area contributed by atoms with E-state index in [2.05, 4.69) is 46.1 Å². The van der Waals surface area contributed by atoms with E-state index < -0.39 is 0 Å². The number of amides is 1. The molecule has 0 radical (unpaired) electrons. The lowest BCUT2D eigenvalue weighted by Crippen LogP contribution is -2.48. The third kappa shape index (κ3) is 4.28. The molecule has 1 aliphatic rings. The molecule has 5 rings (SSSR count). The molecular weight excluding hydrogens is 426 g/mol. The topological polar surface area (TPSA) is 61.4 Å². The first-order chi connectivity index (χ1) is 15.1. The average Bonchev–Trinajstić information content (AvgIpc) is 3.40. The SMILES string of the molecule is Cc1cc(C)c2nc(N3CCN(CCNC(=O)c4ccc5ncsc5c4)CC3)sc2c1. The molecular formula is C23H25N5OS2. The summed E-state index contributed by atoms with van der Waals surface area (Å²) in [5, 5.41) is 4.18. The Kier molecular flexibility index (Phi) is 5.60. The molecule has 1 amide bonds. The van der Waals surface area contributed by atoms with Gasteiger partial charge in [0.25, 0.3) is 5.91 Å². The molecule has 0 saturated carbocycles. The van der Waals surface area contributed by atoms with Gasteiger partial charge < -0.3 is 10.2 Å². The van der Waals surface area contributed by atoms with Gasteiger partial charge in [-0.2, -0.15) is 0 Å². The largest absolute Gasteiger partial charge is 0.351 e. The van der Waals surface area contributed by atoms with E-state index in [9.17, 15) is 4.79 Å². The first-order valence-corrected chi connectivity index (χ1v) is 12.2. The third-order valence-corrected chi connectivity index (χ3v) is 7.62. The van der Waals surface area contributed by atoms with Crippen molar-refractivity contribution in [1.29, 1.82) is 0 Å². The predicted octanol–water partition coefficient (Wildman–Crippen LogP) is 4.07. The molecule has 0 spiro atoms. The smallest absolute Gasteiger partial charge is 0.251 e. The fraction of sp³-hybridized carbons (Fsp3) is 0.348. The molecule has 0 atom stereocenters. The van der Waals surface area contributed by atoms with Gasteiger partial charge in [0, 0.05) is 44.8 Å². The molecule has 4 aromatic rings. The fourth-order valence-electron chi connectivity index (χ4n) is 4.08. The van der Waals surface area contributed by atoms with Crippen LogP contribution in [0.4, 0.5) is 5.13 Å². The van der Waals surface area contributed by atoms with Crippen LogP contribution in [-0.4, -0.2) is 60.0 Å². The maximum atomic E-state index is 12.5. The van der Waals surface area contributed by atoms with Crippen LogP contribution in [0.1, 0.15) is 21.5 Å². The number of rotatable bonds is 5. The fourth-order valence-corrected chi connectivity index (χ4v) is 5.99. The van der Waals surface area contributed by atoms with E-state index in [4.69, 9.17) is 4.98 Å². The van der Waals surface area contributed by atoms with Crippen LogP contribution in [0.3, 0.4) is 0 Å². The molecule has 1 aliphatic heterocycles. The molecule has 8 heteroatoms. The van der Waals surface area contributed by atoms with Gasteiger partial charge in [0.05, 0.1) is 25.9 Å². The number of piperazine rings is 1. The van der Waals surface area contributed by atoms with Crippen LogP contribution in [-0.2, 0) is 0 Å². The Bertz CT molecular complexity index is 1240. The molecule has 3 heterocycles. The van der Waals surface area contributed by atoms with Gasteiger partial charge >= 0.3 is 0 Å². The second kappa shape index (κ2) is 8.53. The summed E-state index contributed by atoms with van der Waals surface area (Å²) in [5.74, 6) is -0.0194. The summed E-state index contributed by atoms with van der Waals surface area (Å²) < 4.78 is 2.32. The van der Waals surface area contributed by atoms with Crippen LogP contribution >= 0.6 is 22.7 Å². The quantitative estimate of drug-likeness (QED) is 0.496. The predicted molar refractivity (Wildman–Crippen MR) is 130 cm³/mol. The van der Waals surface area contributed by atoms with E-state index >= 15 is 0 Å². The van der Waals surface area contributed by atoms with Crippen molar-refractivity contribution in [3.63, 3.8) is 0 Å². The van der Waals surface area contributed by atoms with E-state index in [0.29, 0.717) is 12.1 Å². The monoisotopic (exact) mass is 451 g/mol. The molecule has 0 aliphatic carbocycles. The van der Waals surface area contributed by atoms with Crippen LogP contribution in [0.15, 0.2) is 35.8 Å². The van der Waals surface area contributed by atoms with Gasteiger partial charge in [-0.1, -0.05) is 17.4 Å². The summed E-state index contributed by atoms with van der Waals surface area (Å²) in [5.41, 5.74) is 7.12. The number of carbonyl (C=O) groups excluding carboxylic acids is 1. The van der Waals surface area contributed by atoms with Gasteiger partial charge in [0.2, 0.25) is 0 Å². The van der Waals surface area contributed by atoms with Crippen LogP contribution in [0.5, 0.6) is 0 Å². The van der Waals surface area contributed by atoms with Crippen molar-refractivity contribution in [3.05, 3.63) is 52.5 Å². The average molecular weight is 452 g/mol. The number of hydrogen-bond donors (Lipinski definition) is 1. The van der Waals surface area contributed by atoms with Crippen LogP contribution in [0.2, 0.25) is 0 Å². The highest BCUT2D eigenvalue weighted by molar-refractivity contribution is 7.22. The van der Waals surface area contributed by atoms with Gasteiger partial charge in [-0.3, -0.25) is 9.69 Å². The van der Waals surface area contributed by atoms with E-state index in [-0.39, 0.29) is 5.91 Å². The lowest BCUT2D eigenvalue weighted by molar-refractivity contribution is 0.0948. The molecule has 160 valence electrons. The van der Waals surface area contributed by atoms with Crippen molar-refractivity contribution in [3.8, 4) is 0 Å². The van der Waals surface area contributed by atoms with Crippen molar-refractivity contribution < 1.29 is 4.79 Å². The summed E-state index contributed by atoms with van der Waals surface area (Å²) in [7, 11) is 0. The highest BCUT2D eigenvalue weighted by Gasteiger charge is 2.20. The van der Waals surface area contributed by atoms with Crippen molar-refractivity contribution in [2.75, 3.05) is 44.2 Å². The standard InChI is InChI=1S/C23H25N5OS2/c1-15-11-16(2)21-20(12-15)31-23(26-21)28-9-7-27(8-10-28)6-5-24-22(29)17-3-4-18-19(13-17)30-14-25-18/h3-4,11-14H,5-10H2,1-2H3,(H,24,29). The second-order valence-electron chi connectivity index (χ2n) is 8.04. The van der Waals surface area contributed by atoms with Crippen molar-refractivity contribution in [2.45, 2.75) is 13.8 Å². The third-order valence-electron chi connectivity index (χ3n) is 5.77. The van der Waals surface area contributed by atoms with Gasteiger partial charge in [0.15, 0.2) is 5.13 Å². The maximum absolute atomic E-state index is 12.5. The maximum Gasteiger partial charge on any atom is 0.251 e. The van der Waals surface area contributed by atoms with Gasteiger partial charge in [0.1, 0.15) is 0 Å². The number of nitrogens with zero attached hydrogens (tertiary/aromatic N) is 4. The summed E-state index contributed by atoms with van der Waals surface area (Å²) in [4.78, 5) is 26.4. The minimum Gasteiger partial charge on any atom is -0.351 e. The van der Waals surface area contributed by atoms with E-state index in [1.54, 1.807) is 22.7 Å². The van der Waals surface area contributed by atoms with Crippen molar-refractivity contribution in [1.82, 2.24) is 20.2 Å². The first-order valence-electron chi connectivity index (χ1n) is 10.5. The summed E-state index contributed by atoms with van der Waals surface area (Å²) >= 11 is 3.35. The van der Waals surface area contributed by atoms with E-state index in [1.165, 1.54) is 15.8 Å². The van der Waals surface area contributed by atoms with Gasteiger partial charge in [-0.25, -0.2) is 9.97 Å². The number of thiazole rings is 2.